The lowest BCUT2D eigenvalue weighted by Crippen LogP contribution is -2.31. The van der Waals surface area contributed by atoms with Gasteiger partial charge in [0.25, 0.3) is 0 Å². The van der Waals surface area contributed by atoms with Crippen LogP contribution in [-0.2, 0) is 4.79 Å². The van der Waals surface area contributed by atoms with Crippen LogP contribution < -0.4 is 0 Å². The van der Waals surface area contributed by atoms with Crippen LogP contribution in [-0.4, -0.2) is 29.7 Å². The van der Waals surface area contributed by atoms with Gasteiger partial charge in [-0.1, -0.05) is 29.8 Å². The monoisotopic (exact) mass is 221 g/mol. The van der Waals surface area contributed by atoms with E-state index in [4.69, 9.17) is 0 Å². The van der Waals surface area contributed by atoms with Crippen LogP contribution in [0.2, 0.25) is 0 Å². The molecule has 66 valence electrons. The van der Waals surface area contributed by atoms with Gasteiger partial charge in [0.05, 0.1) is 0 Å². The Hall–Kier alpha value is -0.0500. The first-order chi connectivity index (χ1) is 5.09. The summed E-state index contributed by atoms with van der Waals surface area (Å²) in [6.45, 7) is 4.70. The van der Waals surface area contributed by atoms with Crippen molar-refractivity contribution in [2.45, 2.75) is 20.3 Å². The van der Waals surface area contributed by atoms with E-state index in [1.165, 1.54) is 0 Å². The van der Waals surface area contributed by atoms with E-state index < -0.39 is 0 Å². The summed E-state index contributed by atoms with van der Waals surface area (Å²) < 4.78 is 0. The maximum absolute atomic E-state index is 11.3. The van der Waals surface area contributed by atoms with Crippen molar-refractivity contribution in [1.82, 2.24) is 4.90 Å². The number of amides is 1. The third kappa shape index (κ3) is 4.40. The van der Waals surface area contributed by atoms with Gasteiger partial charge in [-0.05, 0) is 6.42 Å². The Morgan fingerprint density at radius 1 is 1.55 bits per heavy atom. The predicted octanol–water partition coefficient (Wildman–Crippen LogP) is 1.89. The van der Waals surface area contributed by atoms with Crippen molar-refractivity contribution in [2.24, 2.45) is 5.92 Å². The molecular weight excluding hydrogens is 206 g/mol. The molecule has 0 heterocycles. The minimum atomic E-state index is 0.121. The quantitative estimate of drug-likeness (QED) is 0.665. The minimum absolute atomic E-state index is 0.121. The molecule has 0 aromatic carbocycles. The van der Waals surface area contributed by atoms with E-state index in [9.17, 15) is 4.79 Å². The van der Waals surface area contributed by atoms with Crippen LogP contribution in [0.1, 0.15) is 20.3 Å². The normalized spacial score (nSPS) is 10.3. The average Bonchev–Trinajstić information content (AvgIpc) is 1.98. The van der Waals surface area contributed by atoms with Crippen LogP contribution in [0.4, 0.5) is 0 Å². The molecule has 0 unspecified atom stereocenters. The van der Waals surface area contributed by atoms with E-state index >= 15 is 0 Å². The standard InChI is InChI=1S/C8H16BrNO/c1-7(2)8(11)10(3)6-4-5-9/h7H,4-6H2,1-3H3. The molecule has 0 aromatic rings. The number of carbonyl (C=O) groups is 1. The van der Waals surface area contributed by atoms with Crippen molar-refractivity contribution in [3.8, 4) is 0 Å². The summed E-state index contributed by atoms with van der Waals surface area (Å²) in [5, 5.41) is 0.961. The molecule has 0 aromatic heterocycles. The molecular formula is C8H16BrNO. The fourth-order valence-corrected chi connectivity index (χ4v) is 1.10. The predicted molar refractivity (Wildman–Crippen MR) is 50.9 cm³/mol. The number of hydrogen-bond acceptors (Lipinski definition) is 1. The summed E-state index contributed by atoms with van der Waals surface area (Å²) in [5.41, 5.74) is 0. The second-order valence-corrected chi connectivity index (χ2v) is 3.75. The van der Waals surface area contributed by atoms with Crippen LogP contribution in [0.25, 0.3) is 0 Å². The highest BCUT2D eigenvalue weighted by Crippen LogP contribution is 2.00. The molecule has 0 saturated heterocycles. The van der Waals surface area contributed by atoms with Gasteiger partial charge in [0.15, 0.2) is 0 Å². The van der Waals surface area contributed by atoms with Crippen LogP contribution in [0.15, 0.2) is 0 Å². The number of hydrogen-bond donors (Lipinski definition) is 0. The van der Waals surface area contributed by atoms with Gasteiger partial charge in [-0.3, -0.25) is 4.79 Å². The molecule has 0 aliphatic carbocycles. The number of carbonyl (C=O) groups excluding carboxylic acids is 1. The van der Waals surface area contributed by atoms with Gasteiger partial charge >= 0.3 is 0 Å². The summed E-state index contributed by atoms with van der Waals surface area (Å²) in [4.78, 5) is 13.0. The Morgan fingerprint density at radius 2 is 2.09 bits per heavy atom. The first-order valence-electron chi connectivity index (χ1n) is 3.90. The lowest BCUT2D eigenvalue weighted by atomic mass is 10.2. The number of nitrogens with zero attached hydrogens (tertiary/aromatic N) is 1. The Kier molecular flexibility index (Phi) is 5.56. The van der Waals surface area contributed by atoms with Gasteiger partial charge in [-0.15, -0.1) is 0 Å². The van der Waals surface area contributed by atoms with E-state index in [-0.39, 0.29) is 11.8 Å². The third-order valence-electron chi connectivity index (χ3n) is 1.50. The Labute approximate surface area is 77.1 Å². The zero-order valence-corrected chi connectivity index (χ0v) is 9.02. The molecule has 0 aliphatic heterocycles. The van der Waals surface area contributed by atoms with Crippen molar-refractivity contribution in [2.75, 3.05) is 18.9 Å². The average molecular weight is 222 g/mol. The van der Waals surface area contributed by atoms with Crippen molar-refractivity contribution >= 4 is 21.8 Å². The maximum Gasteiger partial charge on any atom is 0.224 e. The summed E-state index contributed by atoms with van der Waals surface area (Å²) >= 11 is 3.33. The molecule has 2 nitrogen and oxygen atoms in total. The SMILES string of the molecule is CC(C)C(=O)N(C)CCCBr. The zero-order valence-electron chi connectivity index (χ0n) is 7.43. The number of halogens is 1. The smallest absolute Gasteiger partial charge is 0.224 e. The Balaban J connectivity index is 3.64. The van der Waals surface area contributed by atoms with Crippen LogP contribution >= 0.6 is 15.9 Å². The molecule has 0 bridgehead atoms. The van der Waals surface area contributed by atoms with Crippen molar-refractivity contribution in [3.05, 3.63) is 0 Å². The van der Waals surface area contributed by atoms with Gasteiger partial charge in [0.2, 0.25) is 5.91 Å². The van der Waals surface area contributed by atoms with E-state index in [2.05, 4.69) is 15.9 Å². The second kappa shape index (κ2) is 5.58. The van der Waals surface area contributed by atoms with Gasteiger partial charge in [-0.25, -0.2) is 0 Å². The summed E-state index contributed by atoms with van der Waals surface area (Å²) in [6, 6.07) is 0. The van der Waals surface area contributed by atoms with E-state index in [1.807, 2.05) is 20.9 Å². The summed E-state index contributed by atoms with van der Waals surface area (Å²) in [6.07, 6.45) is 1.02. The molecule has 3 heteroatoms. The summed E-state index contributed by atoms with van der Waals surface area (Å²) in [7, 11) is 1.85. The third-order valence-corrected chi connectivity index (χ3v) is 2.06. The first-order valence-corrected chi connectivity index (χ1v) is 5.02. The molecule has 0 aliphatic rings. The largest absolute Gasteiger partial charge is 0.346 e. The van der Waals surface area contributed by atoms with Gasteiger partial charge in [0.1, 0.15) is 0 Å². The molecule has 11 heavy (non-hydrogen) atoms. The minimum Gasteiger partial charge on any atom is -0.346 e. The molecule has 0 radical (unpaired) electrons. The van der Waals surface area contributed by atoms with Crippen molar-refractivity contribution < 1.29 is 4.79 Å². The molecule has 0 spiro atoms. The highest BCUT2D eigenvalue weighted by atomic mass is 79.9. The van der Waals surface area contributed by atoms with E-state index in [0.717, 1.165) is 18.3 Å². The maximum atomic E-state index is 11.3. The number of rotatable bonds is 4. The molecule has 0 fully saturated rings. The second-order valence-electron chi connectivity index (χ2n) is 2.96. The van der Waals surface area contributed by atoms with Gasteiger partial charge in [-0.2, -0.15) is 0 Å². The summed E-state index contributed by atoms with van der Waals surface area (Å²) in [5.74, 6) is 0.348. The highest BCUT2D eigenvalue weighted by molar-refractivity contribution is 9.09. The Bertz CT molecular complexity index is 125. The fourth-order valence-electron chi connectivity index (χ4n) is 0.848. The highest BCUT2D eigenvalue weighted by Gasteiger charge is 2.11. The molecule has 0 rings (SSSR count). The van der Waals surface area contributed by atoms with Gasteiger partial charge < -0.3 is 4.90 Å². The topological polar surface area (TPSA) is 20.3 Å². The molecule has 1 amide bonds. The zero-order chi connectivity index (χ0) is 8.85. The molecule has 0 N–H and O–H groups in total. The van der Waals surface area contributed by atoms with E-state index in [1.54, 1.807) is 4.90 Å². The first kappa shape index (κ1) is 11.0. The lowest BCUT2D eigenvalue weighted by molar-refractivity contribution is -0.133. The van der Waals surface area contributed by atoms with Crippen LogP contribution in [0.5, 0.6) is 0 Å². The fraction of sp³-hybridized carbons (Fsp3) is 0.875. The van der Waals surface area contributed by atoms with E-state index in [0.29, 0.717) is 0 Å². The molecule has 0 saturated carbocycles. The van der Waals surface area contributed by atoms with Crippen molar-refractivity contribution in [3.63, 3.8) is 0 Å². The molecule has 0 atom stereocenters. The van der Waals surface area contributed by atoms with Crippen LogP contribution in [0.3, 0.4) is 0 Å². The van der Waals surface area contributed by atoms with Crippen LogP contribution in [0, 0.1) is 5.92 Å². The van der Waals surface area contributed by atoms with Gasteiger partial charge in [0, 0.05) is 24.8 Å². The van der Waals surface area contributed by atoms with Crippen molar-refractivity contribution in [1.29, 1.82) is 0 Å². The number of alkyl halides is 1. The Morgan fingerprint density at radius 3 is 2.45 bits per heavy atom. The lowest BCUT2D eigenvalue weighted by Gasteiger charge is -2.18.